The second-order valence-electron chi connectivity index (χ2n) is 5.34. The van der Waals surface area contributed by atoms with Gasteiger partial charge in [-0.1, -0.05) is 13.8 Å². The molecule has 1 heterocycles. The van der Waals surface area contributed by atoms with E-state index in [-0.39, 0.29) is 0 Å². The third-order valence-corrected chi connectivity index (χ3v) is 4.52. The first-order chi connectivity index (χ1) is 6.58. The van der Waals surface area contributed by atoms with Crippen LogP contribution in [-0.2, 0) is 18.1 Å². The zero-order valence-electron chi connectivity index (χ0n) is 10.4. The van der Waals surface area contributed by atoms with Crippen LogP contribution in [0.4, 0.5) is 0 Å². The standard InChI is InChI=1S/C10H21O4P/c1-8(2)7-12-15(11)13-9(3,4)10(5,6)14-15/h8H,7H2,1-6H3. The first kappa shape index (κ1) is 13.2. The Hall–Kier alpha value is 0.110. The Morgan fingerprint density at radius 1 is 1.13 bits per heavy atom. The summed E-state index contributed by atoms with van der Waals surface area (Å²) in [5.74, 6) is 0.301. The highest BCUT2D eigenvalue weighted by atomic mass is 31.2. The minimum Gasteiger partial charge on any atom is -0.287 e. The van der Waals surface area contributed by atoms with Crippen molar-refractivity contribution in [1.82, 2.24) is 0 Å². The van der Waals surface area contributed by atoms with Crippen molar-refractivity contribution in [2.24, 2.45) is 5.92 Å². The Kier molecular flexibility index (Phi) is 3.38. The molecule has 1 saturated heterocycles. The Bertz CT molecular complexity index is 263. The summed E-state index contributed by atoms with van der Waals surface area (Å²) in [4.78, 5) is 0. The maximum atomic E-state index is 12.1. The molecule has 1 rings (SSSR count). The average Bonchev–Trinajstić information content (AvgIpc) is 2.13. The lowest BCUT2D eigenvalue weighted by Crippen LogP contribution is -2.41. The van der Waals surface area contributed by atoms with Gasteiger partial charge in [-0.3, -0.25) is 13.6 Å². The van der Waals surface area contributed by atoms with E-state index >= 15 is 0 Å². The minimum atomic E-state index is -3.37. The molecule has 0 spiro atoms. The van der Waals surface area contributed by atoms with Crippen molar-refractivity contribution in [2.45, 2.75) is 52.7 Å². The van der Waals surface area contributed by atoms with Gasteiger partial charge in [-0.25, -0.2) is 4.57 Å². The first-order valence-electron chi connectivity index (χ1n) is 5.24. The van der Waals surface area contributed by atoms with Gasteiger partial charge < -0.3 is 0 Å². The fourth-order valence-electron chi connectivity index (χ4n) is 1.09. The van der Waals surface area contributed by atoms with Crippen LogP contribution in [0.2, 0.25) is 0 Å². The number of hydrogen-bond donors (Lipinski definition) is 0. The summed E-state index contributed by atoms with van der Waals surface area (Å²) in [5, 5.41) is 0. The molecular formula is C10H21O4P. The van der Waals surface area contributed by atoms with Crippen molar-refractivity contribution in [3.8, 4) is 0 Å². The molecule has 0 aromatic heterocycles. The Balaban J connectivity index is 2.72. The lowest BCUT2D eigenvalue weighted by Gasteiger charge is -2.28. The monoisotopic (exact) mass is 236 g/mol. The first-order valence-corrected chi connectivity index (χ1v) is 6.70. The predicted molar refractivity (Wildman–Crippen MR) is 58.7 cm³/mol. The highest BCUT2D eigenvalue weighted by molar-refractivity contribution is 7.48. The van der Waals surface area contributed by atoms with E-state index in [1.807, 2.05) is 41.5 Å². The third-order valence-electron chi connectivity index (χ3n) is 2.70. The SMILES string of the molecule is CC(C)COP1(=O)OC(C)(C)C(C)(C)O1. The van der Waals surface area contributed by atoms with Crippen LogP contribution in [0.3, 0.4) is 0 Å². The second kappa shape index (κ2) is 3.85. The lowest BCUT2D eigenvalue weighted by atomic mass is 9.90. The highest BCUT2D eigenvalue weighted by Crippen LogP contribution is 2.64. The van der Waals surface area contributed by atoms with E-state index in [0.29, 0.717) is 12.5 Å². The van der Waals surface area contributed by atoms with E-state index in [1.54, 1.807) is 0 Å². The van der Waals surface area contributed by atoms with E-state index in [1.165, 1.54) is 0 Å². The normalized spacial score (nSPS) is 27.1. The van der Waals surface area contributed by atoms with Gasteiger partial charge in [-0.2, -0.15) is 0 Å². The van der Waals surface area contributed by atoms with Gasteiger partial charge in [-0.05, 0) is 33.6 Å². The van der Waals surface area contributed by atoms with Crippen molar-refractivity contribution in [2.75, 3.05) is 6.61 Å². The molecule has 0 aromatic rings. The van der Waals surface area contributed by atoms with E-state index in [9.17, 15) is 4.57 Å². The molecule has 0 aromatic carbocycles. The molecule has 0 saturated carbocycles. The predicted octanol–water partition coefficient (Wildman–Crippen LogP) is 3.37. The zero-order chi connectivity index (χ0) is 11.9. The molecule has 5 heteroatoms. The zero-order valence-corrected chi connectivity index (χ0v) is 11.3. The van der Waals surface area contributed by atoms with Gasteiger partial charge >= 0.3 is 7.82 Å². The molecule has 4 nitrogen and oxygen atoms in total. The summed E-state index contributed by atoms with van der Waals surface area (Å²) in [6.07, 6.45) is 0. The smallest absolute Gasteiger partial charge is 0.287 e. The van der Waals surface area contributed by atoms with Crippen molar-refractivity contribution in [3.63, 3.8) is 0 Å². The maximum Gasteiger partial charge on any atom is 0.476 e. The van der Waals surface area contributed by atoms with Crippen LogP contribution in [0.15, 0.2) is 0 Å². The molecule has 0 N–H and O–H groups in total. The van der Waals surface area contributed by atoms with Crippen LogP contribution in [0.1, 0.15) is 41.5 Å². The molecule has 0 radical (unpaired) electrons. The summed E-state index contributed by atoms with van der Waals surface area (Å²) < 4.78 is 28.1. The summed E-state index contributed by atoms with van der Waals surface area (Å²) in [6.45, 7) is 11.8. The van der Waals surface area contributed by atoms with Crippen LogP contribution in [-0.4, -0.2) is 17.8 Å². The van der Waals surface area contributed by atoms with Crippen molar-refractivity contribution < 1.29 is 18.1 Å². The molecule has 0 bridgehead atoms. The fourth-order valence-corrected chi connectivity index (χ4v) is 3.27. The summed E-state index contributed by atoms with van der Waals surface area (Å²) >= 11 is 0. The van der Waals surface area contributed by atoms with E-state index in [4.69, 9.17) is 13.6 Å². The van der Waals surface area contributed by atoms with Crippen LogP contribution >= 0.6 is 7.82 Å². The van der Waals surface area contributed by atoms with Crippen molar-refractivity contribution in [3.05, 3.63) is 0 Å². The number of phosphoric acid groups is 1. The summed E-state index contributed by atoms with van der Waals surface area (Å²) in [7, 11) is -3.37. The van der Waals surface area contributed by atoms with Gasteiger partial charge in [0.05, 0.1) is 6.61 Å². The van der Waals surface area contributed by atoms with Crippen LogP contribution in [0, 0.1) is 5.92 Å². The van der Waals surface area contributed by atoms with Crippen LogP contribution < -0.4 is 0 Å². The minimum absolute atomic E-state index is 0.301. The van der Waals surface area contributed by atoms with Crippen LogP contribution in [0.25, 0.3) is 0 Å². The molecular weight excluding hydrogens is 215 g/mol. The van der Waals surface area contributed by atoms with Crippen LogP contribution in [0.5, 0.6) is 0 Å². The topological polar surface area (TPSA) is 44.8 Å². The molecule has 1 aliphatic heterocycles. The largest absolute Gasteiger partial charge is 0.476 e. The highest BCUT2D eigenvalue weighted by Gasteiger charge is 2.56. The maximum absolute atomic E-state index is 12.1. The molecule has 0 atom stereocenters. The van der Waals surface area contributed by atoms with E-state index in [0.717, 1.165) is 0 Å². The summed E-state index contributed by atoms with van der Waals surface area (Å²) in [5.41, 5.74) is -1.20. The molecule has 0 amide bonds. The number of rotatable bonds is 3. The molecule has 1 fully saturated rings. The molecule has 0 aliphatic carbocycles. The van der Waals surface area contributed by atoms with Crippen molar-refractivity contribution >= 4 is 7.82 Å². The molecule has 0 unspecified atom stereocenters. The molecule has 1 aliphatic rings. The van der Waals surface area contributed by atoms with Crippen molar-refractivity contribution in [1.29, 1.82) is 0 Å². The quantitative estimate of drug-likeness (QED) is 0.705. The fraction of sp³-hybridized carbons (Fsp3) is 1.00. The van der Waals surface area contributed by atoms with E-state index < -0.39 is 19.0 Å². The Morgan fingerprint density at radius 2 is 1.53 bits per heavy atom. The van der Waals surface area contributed by atoms with Gasteiger partial charge in [0, 0.05) is 0 Å². The number of hydrogen-bond acceptors (Lipinski definition) is 4. The van der Waals surface area contributed by atoms with Gasteiger partial charge in [0.1, 0.15) is 11.2 Å². The number of phosphoric ester groups is 1. The second-order valence-corrected chi connectivity index (χ2v) is 6.86. The average molecular weight is 236 g/mol. The third kappa shape index (κ3) is 2.82. The molecule has 15 heavy (non-hydrogen) atoms. The van der Waals surface area contributed by atoms with Gasteiger partial charge in [0.25, 0.3) is 0 Å². The molecule has 90 valence electrons. The lowest BCUT2D eigenvalue weighted by molar-refractivity contribution is 0.00578. The van der Waals surface area contributed by atoms with E-state index in [2.05, 4.69) is 0 Å². The van der Waals surface area contributed by atoms with Gasteiger partial charge in [0.2, 0.25) is 0 Å². The Labute approximate surface area is 91.9 Å². The van der Waals surface area contributed by atoms with Gasteiger partial charge in [0.15, 0.2) is 0 Å². The van der Waals surface area contributed by atoms with Gasteiger partial charge in [-0.15, -0.1) is 0 Å². The Morgan fingerprint density at radius 3 is 1.87 bits per heavy atom. The summed E-state index contributed by atoms with van der Waals surface area (Å²) in [6, 6.07) is 0.